The Kier molecular flexibility index (Phi) is 5.96. The van der Waals surface area contributed by atoms with Crippen LogP contribution < -0.4 is 5.32 Å². The fourth-order valence-electron chi connectivity index (χ4n) is 2.68. The molecular formula is C21H22N2OS. The highest BCUT2D eigenvalue weighted by Gasteiger charge is 2.10. The van der Waals surface area contributed by atoms with E-state index < -0.39 is 0 Å². The quantitative estimate of drug-likeness (QED) is 0.694. The SMILES string of the molecule is CC(CNC(=O)Cc1csc(Cc2ccccc2)n1)c1ccccc1. The van der Waals surface area contributed by atoms with E-state index in [-0.39, 0.29) is 5.91 Å². The summed E-state index contributed by atoms with van der Waals surface area (Å²) in [5, 5.41) is 6.05. The number of nitrogens with zero attached hydrogens (tertiary/aromatic N) is 1. The number of carbonyl (C=O) groups excluding carboxylic acids is 1. The molecule has 1 N–H and O–H groups in total. The number of benzene rings is 2. The molecule has 1 unspecified atom stereocenters. The van der Waals surface area contributed by atoms with Gasteiger partial charge in [0.1, 0.15) is 0 Å². The van der Waals surface area contributed by atoms with E-state index in [9.17, 15) is 4.79 Å². The third-order valence-corrected chi connectivity index (χ3v) is 5.01. The zero-order valence-corrected chi connectivity index (χ0v) is 15.1. The molecule has 25 heavy (non-hydrogen) atoms. The predicted molar refractivity (Wildman–Crippen MR) is 103 cm³/mol. The van der Waals surface area contributed by atoms with Gasteiger partial charge in [-0.25, -0.2) is 4.98 Å². The van der Waals surface area contributed by atoms with Gasteiger partial charge in [-0.3, -0.25) is 4.79 Å². The highest BCUT2D eigenvalue weighted by atomic mass is 32.1. The standard InChI is InChI=1S/C21H22N2OS/c1-16(18-10-6-3-7-11-18)14-22-20(24)13-19-15-25-21(23-19)12-17-8-4-2-5-9-17/h2-11,15-16H,12-14H2,1H3,(H,22,24). The van der Waals surface area contributed by atoms with E-state index in [4.69, 9.17) is 0 Å². The van der Waals surface area contributed by atoms with Gasteiger partial charge in [0, 0.05) is 18.3 Å². The lowest BCUT2D eigenvalue weighted by Crippen LogP contribution is -2.29. The number of hydrogen-bond donors (Lipinski definition) is 1. The highest BCUT2D eigenvalue weighted by Crippen LogP contribution is 2.16. The molecule has 0 aliphatic heterocycles. The van der Waals surface area contributed by atoms with E-state index >= 15 is 0 Å². The maximum absolute atomic E-state index is 12.2. The normalized spacial score (nSPS) is 11.9. The minimum Gasteiger partial charge on any atom is -0.355 e. The van der Waals surface area contributed by atoms with Crippen LogP contribution in [-0.4, -0.2) is 17.4 Å². The molecule has 1 heterocycles. The number of carbonyl (C=O) groups is 1. The summed E-state index contributed by atoms with van der Waals surface area (Å²) in [6.07, 6.45) is 1.16. The lowest BCUT2D eigenvalue weighted by atomic mass is 10.0. The van der Waals surface area contributed by atoms with Gasteiger partial charge in [0.25, 0.3) is 0 Å². The molecule has 1 aromatic heterocycles. The first-order valence-electron chi connectivity index (χ1n) is 8.49. The molecule has 0 saturated heterocycles. The number of aromatic nitrogens is 1. The number of rotatable bonds is 7. The van der Waals surface area contributed by atoms with Crippen LogP contribution in [0.15, 0.2) is 66.0 Å². The molecule has 3 nitrogen and oxygen atoms in total. The van der Waals surface area contributed by atoms with Crippen LogP contribution in [0.3, 0.4) is 0 Å². The Bertz CT molecular complexity index is 799. The molecule has 3 aromatic rings. The van der Waals surface area contributed by atoms with Crippen molar-refractivity contribution in [3.05, 3.63) is 87.9 Å². The van der Waals surface area contributed by atoms with E-state index in [0.717, 1.165) is 17.1 Å². The number of nitrogens with one attached hydrogen (secondary N) is 1. The van der Waals surface area contributed by atoms with Crippen molar-refractivity contribution in [3.8, 4) is 0 Å². The number of thiazole rings is 1. The Morgan fingerprint density at radius 3 is 2.48 bits per heavy atom. The second-order valence-corrected chi connectivity index (χ2v) is 7.13. The van der Waals surface area contributed by atoms with Crippen LogP contribution in [0.25, 0.3) is 0 Å². The topological polar surface area (TPSA) is 42.0 Å². The molecule has 0 fully saturated rings. The summed E-state index contributed by atoms with van der Waals surface area (Å²) in [7, 11) is 0. The molecule has 0 bridgehead atoms. The summed E-state index contributed by atoms with van der Waals surface area (Å²) in [5.41, 5.74) is 3.33. The first-order valence-corrected chi connectivity index (χ1v) is 9.37. The van der Waals surface area contributed by atoms with E-state index in [1.807, 2.05) is 41.8 Å². The van der Waals surface area contributed by atoms with Crippen LogP contribution in [-0.2, 0) is 17.6 Å². The van der Waals surface area contributed by atoms with E-state index in [2.05, 4.69) is 41.5 Å². The zero-order chi connectivity index (χ0) is 17.5. The summed E-state index contributed by atoms with van der Waals surface area (Å²) in [5.74, 6) is 0.327. The molecule has 0 spiro atoms. The Morgan fingerprint density at radius 1 is 1.08 bits per heavy atom. The third kappa shape index (κ3) is 5.26. The lowest BCUT2D eigenvalue weighted by Gasteiger charge is -2.12. The van der Waals surface area contributed by atoms with E-state index in [0.29, 0.717) is 18.9 Å². The van der Waals surface area contributed by atoms with Crippen molar-refractivity contribution >= 4 is 17.2 Å². The average Bonchev–Trinajstić information content (AvgIpc) is 3.08. The predicted octanol–water partition coefficient (Wildman–Crippen LogP) is 4.20. The van der Waals surface area contributed by atoms with Gasteiger partial charge in [0.15, 0.2) is 0 Å². The summed E-state index contributed by atoms with van der Waals surface area (Å²) in [6.45, 7) is 2.76. The van der Waals surface area contributed by atoms with Gasteiger partial charge in [-0.1, -0.05) is 67.6 Å². The van der Waals surface area contributed by atoms with Crippen molar-refractivity contribution in [2.75, 3.05) is 6.54 Å². The van der Waals surface area contributed by atoms with Gasteiger partial charge in [0.05, 0.1) is 17.1 Å². The highest BCUT2D eigenvalue weighted by molar-refractivity contribution is 7.09. The maximum Gasteiger partial charge on any atom is 0.226 e. The number of hydrogen-bond acceptors (Lipinski definition) is 3. The van der Waals surface area contributed by atoms with Crippen LogP contribution in [0.2, 0.25) is 0 Å². The molecular weight excluding hydrogens is 328 g/mol. The van der Waals surface area contributed by atoms with Crippen LogP contribution in [0.4, 0.5) is 0 Å². The first kappa shape index (κ1) is 17.4. The third-order valence-electron chi connectivity index (χ3n) is 4.11. The molecule has 1 amide bonds. The van der Waals surface area contributed by atoms with Crippen molar-refractivity contribution in [2.24, 2.45) is 0 Å². The Morgan fingerprint density at radius 2 is 1.76 bits per heavy atom. The van der Waals surface area contributed by atoms with Gasteiger partial charge in [-0.2, -0.15) is 0 Å². The molecule has 0 aliphatic rings. The monoisotopic (exact) mass is 350 g/mol. The molecule has 1 atom stereocenters. The second kappa shape index (κ2) is 8.58. The molecule has 2 aromatic carbocycles. The van der Waals surface area contributed by atoms with Crippen molar-refractivity contribution < 1.29 is 4.79 Å². The summed E-state index contributed by atoms with van der Waals surface area (Å²) in [4.78, 5) is 16.8. The second-order valence-electron chi connectivity index (χ2n) is 6.19. The van der Waals surface area contributed by atoms with Gasteiger partial charge in [-0.05, 0) is 17.0 Å². The maximum atomic E-state index is 12.2. The smallest absolute Gasteiger partial charge is 0.226 e. The van der Waals surface area contributed by atoms with Gasteiger partial charge in [0.2, 0.25) is 5.91 Å². The molecule has 0 aliphatic carbocycles. The molecule has 3 rings (SSSR count). The summed E-state index contributed by atoms with van der Waals surface area (Å²) in [6, 6.07) is 20.5. The fourth-order valence-corrected chi connectivity index (χ4v) is 3.50. The first-order chi connectivity index (χ1) is 12.2. The molecule has 0 radical (unpaired) electrons. The fraction of sp³-hybridized carbons (Fsp3) is 0.238. The van der Waals surface area contributed by atoms with Crippen molar-refractivity contribution in [2.45, 2.75) is 25.7 Å². The van der Waals surface area contributed by atoms with Gasteiger partial charge < -0.3 is 5.32 Å². The van der Waals surface area contributed by atoms with Crippen molar-refractivity contribution in [1.82, 2.24) is 10.3 Å². The molecule has 128 valence electrons. The Balaban J connectivity index is 1.48. The molecule has 4 heteroatoms. The van der Waals surface area contributed by atoms with Crippen LogP contribution >= 0.6 is 11.3 Å². The van der Waals surface area contributed by atoms with E-state index in [1.165, 1.54) is 11.1 Å². The largest absolute Gasteiger partial charge is 0.355 e. The van der Waals surface area contributed by atoms with Crippen molar-refractivity contribution in [3.63, 3.8) is 0 Å². The van der Waals surface area contributed by atoms with E-state index in [1.54, 1.807) is 11.3 Å². The van der Waals surface area contributed by atoms with Crippen LogP contribution in [0.1, 0.15) is 34.7 Å². The van der Waals surface area contributed by atoms with Crippen LogP contribution in [0, 0.1) is 0 Å². The number of amides is 1. The van der Waals surface area contributed by atoms with Crippen molar-refractivity contribution in [1.29, 1.82) is 0 Å². The Labute approximate surface area is 152 Å². The zero-order valence-electron chi connectivity index (χ0n) is 14.3. The van der Waals surface area contributed by atoms with Gasteiger partial charge in [-0.15, -0.1) is 11.3 Å². The van der Waals surface area contributed by atoms with Crippen LogP contribution in [0.5, 0.6) is 0 Å². The lowest BCUT2D eigenvalue weighted by molar-refractivity contribution is -0.120. The minimum absolute atomic E-state index is 0.0272. The Hall–Kier alpha value is -2.46. The average molecular weight is 350 g/mol. The minimum atomic E-state index is 0.0272. The summed E-state index contributed by atoms with van der Waals surface area (Å²) >= 11 is 1.62. The van der Waals surface area contributed by atoms with Gasteiger partial charge >= 0.3 is 0 Å². The summed E-state index contributed by atoms with van der Waals surface area (Å²) < 4.78 is 0. The molecule has 0 saturated carbocycles.